The molecule has 0 amide bonds. The molecular weight excluding hydrogens is 332 g/mol. The van der Waals surface area contributed by atoms with Gasteiger partial charge in [0.05, 0.1) is 0 Å². The van der Waals surface area contributed by atoms with Gasteiger partial charge in [0, 0.05) is 11.5 Å². The molecule has 0 aromatic heterocycles. The van der Waals surface area contributed by atoms with Gasteiger partial charge in [-0.05, 0) is 25.0 Å². The van der Waals surface area contributed by atoms with E-state index in [0.717, 1.165) is 18.4 Å². The molecule has 1 N–H and O–H groups in total. The zero-order valence-corrected chi connectivity index (χ0v) is 18.2. The van der Waals surface area contributed by atoms with Crippen molar-refractivity contribution in [1.29, 1.82) is 0 Å². The second-order valence-corrected chi connectivity index (χ2v) is 5.40. The minimum Gasteiger partial charge on any atom is -0.508 e. The van der Waals surface area contributed by atoms with E-state index < -0.39 is 0 Å². The molecular formula is C25H40O2. The largest absolute Gasteiger partial charge is 0.508 e. The van der Waals surface area contributed by atoms with Crippen molar-refractivity contribution in [1.82, 2.24) is 0 Å². The lowest BCUT2D eigenvalue weighted by Crippen LogP contribution is -2.17. The molecule has 152 valence electrons. The van der Waals surface area contributed by atoms with E-state index in [2.05, 4.69) is 0 Å². The SMILES string of the molecule is CC.CC.CC.O=C(c1ccccc1)C1CCCCC1.Oc1ccccc1. The number of hydrogen-bond donors (Lipinski definition) is 1. The molecule has 0 saturated heterocycles. The summed E-state index contributed by atoms with van der Waals surface area (Å²) in [5.74, 6) is 0.971. The van der Waals surface area contributed by atoms with Gasteiger partial charge in [-0.2, -0.15) is 0 Å². The number of Topliss-reactive ketones (excluding diaryl/α,β-unsaturated/α-hetero) is 1. The summed E-state index contributed by atoms with van der Waals surface area (Å²) in [4.78, 5) is 12.0. The van der Waals surface area contributed by atoms with Crippen molar-refractivity contribution in [2.75, 3.05) is 0 Å². The molecule has 1 aliphatic rings. The van der Waals surface area contributed by atoms with Crippen molar-refractivity contribution in [2.24, 2.45) is 5.92 Å². The molecule has 0 bridgehead atoms. The van der Waals surface area contributed by atoms with Gasteiger partial charge in [-0.25, -0.2) is 0 Å². The number of carbonyl (C=O) groups excluding carboxylic acids is 1. The maximum atomic E-state index is 12.0. The number of rotatable bonds is 2. The Hall–Kier alpha value is -2.09. The van der Waals surface area contributed by atoms with Crippen LogP contribution in [0.15, 0.2) is 60.7 Å². The smallest absolute Gasteiger partial charge is 0.165 e. The molecule has 27 heavy (non-hydrogen) atoms. The summed E-state index contributed by atoms with van der Waals surface area (Å²) < 4.78 is 0. The molecule has 2 nitrogen and oxygen atoms in total. The fourth-order valence-electron chi connectivity index (χ4n) is 2.63. The van der Waals surface area contributed by atoms with Crippen molar-refractivity contribution < 1.29 is 9.90 Å². The zero-order chi connectivity index (χ0) is 20.9. The van der Waals surface area contributed by atoms with Crippen LogP contribution >= 0.6 is 0 Å². The Labute approximate surface area is 167 Å². The highest BCUT2D eigenvalue weighted by Crippen LogP contribution is 2.26. The molecule has 2 heteroatoms. The molecule has 2 aromatic carbocycles. The van der Waals surface area contributed by atoms with Crippen LogP contribution in [0.25, 0.3) is 0 Å². The summed E-state index contributed by atoms with van der Waals surface area (Å²) >= 11 is 0. The first kappa shape index (κ1) is 27.1. The van der Waals surface area contributed by atoms with Gasteiger partial charge in [-0.15, -0.1) is 0 Å². The monoisotopic (exact) mass is 372 g/mol. The lowest BCUT2D eigenvalue weighted by atomic mass is 9.84. The van der Waals surface area contributed by atoms with Crippen LogP contribution in [0.2, 0.25) is 0 Å². The van der Waals surface area contributed by atoms with Gasteiger partial charge in [0.15, 0.2) is 5.78 Å². The summed E-state index contributed by atoms with van der Waals surface area (Å²) in [6, 6.07) is 18.4. The second-order valence-electron chi connectivity index (χ2n) is 5.40. The quantitative estimate of drug-likeness (QED) is 0.543. The van der Waals surface area contributed by atoms with Crippen molar-refractivity contribution in [3.05, 3.63) is 66.2 Å². The fourth-order valence-corrected chi connectivity index (χ4v) is 2.63. The predicted octanol–water partition coefficient (Wildman–Crippen LogP) is 7.92. The Morgan fingerprint density at radius 3 is 1.48 bits per heavy atom. The summed E-state index contributed by atoms with van der Waals surface area (Å²) in [6.07, 6.45) is 5.94. The maximum Gasteiger partial charge on any atom is 0.165 e. The van der Waals surface area contributed by atoms with E-state index in [1.165, 1.54) is 19.3 Å². The van der Waals surface area contributed by atoms with Crippen LogP contribution in [0.1, 0.15) is 84.0 Å². The summed E-state index contributed by atoms with van der Waals surface area (Å²) in [7, 11) is 0. The van der Waals surface area contributed by atoms with E-state index in [1.807, 2.05) is 77.9 Å². The number of ketones is 1. The molecule has 0 radical (unpaired) electrons. The Morgan fingerprint density at radius 1 is 0.704 bits per heavy atom. The molecule has 1 aliphatic carbocycles. The molecule has 3 rings (SSSR count). The van der Waals surface area contributed by atoms with E-state index in [9.17, 15) is 4.79 Å². The van der Waals surface area contributed by atoms with Gasteiger partial charge in [0.2, 0.25) is 0 Å². The van der Waals surface area contributed by atoms with Crippen LogP contribution in [-0.2, 0) is 0 Å². The van der Waals surface area contributed by atoms with Crippen molar-refractivity contribution in [3.8, 4) is 5.75 Å². The number of benzene rings is 2. The Bertz CT molecular complexity index is 529. The number of phenols is 1. The Balaban J connectivity index is 0. The van der Waals surface area contributed by atoms with Gasteiger partial charge >= 0.3 is 0 Å². The van der Waals surface area contributed by atoms with Crippen LogP contribution in [0, 0.1) is 5.92 Å². The number of para-hydroxylation sites is 1. The molecule has 0 spiro atoms. The number of carbonyl (C=O) groups is 1. The highest BCUT2D eigenvalue weighted by Gasteiger charge is 2.21. The van der Waals surface area contributed by atoms with Crippen LogP contribution < -0.4 is 0 Å². The third kappa shape index (κ3) is 12.8. The zero-order valence-electron chi connectivity index (χ0n) is 18.2. The van der Waals surface area contributed by atoms with E-state index in [1.54, 1.807) is 24.3 Å². The summed E-state index contributed by atoms with van der Waals surface area (Å²) in [5, 5.41) is 8.63. The minimum atomic E-state index is 0.297. The minimum absolute atomic E-state index is 0.297. The van der Waals surface area contributed by atoms with E-state index in [4.69, 9.17) is 5.11 Å². The third-order valence-electron chi connectivity index (χ3n) is 3.79. The van der Waals surface area contributed by atoms with Crippen LogP contribution in [0.3, 0.4) is 0 Å². The number of aromatic hydroxyl groups is 1. The van der Waals surface area contributed by atoms with Gasteiger partial charge in [0.25, 0.3) is 0 Å². The van der Waals surface area contributed by atoms with Crippen LogP contribution in [0.5, 0.6) is 5.75 Å². The lowest BCUT2D eigenvalue weighted by molar-refractivity contribution is 0.0889. The molecule has 0 unspecified atom stereocenters. The average Bonchev–Trinajstić information content (AvgIpc) is 2.79. The maximum absolute atomic E-state index is 12.0. The second kappa shape index (κ2) is 20.2. The first-order valence-electron chi connectivity index (χ1n) is 10.6. The van der Waals surface area contributed by atoms with Crippen LogP contribution in [-0.4, -0.2) is 10.9 Å². The van der Waals surface area contributed by atoms with Gasteiger partial charge in [0.1, 0.15) is 5.75 Å². The summed E-state index contributed by atoms with van der Waals surface area (Å²) in [6.45, 7) is 12.0. The molecule has 0 heterocycles. The van der Waals surface area contributed by atoms with Gasteiger partial charge in [-0.1, -0.05) is 109 Å². The molecule has 2 aromatic rings. The third-order valence-corrected chi connectivity index (χ3v) is 3.79. The molecule has 1 saturated carbocycles. The lowest BCUT2D eigenvalue weighted by Gasteiger charge is -2.20. The van der Waals surface area contributed by atoms with Gasteiger partial charge < -0.3 is 5.11 Å². The molecule has 0 atom stereocenters. The molecule has 1 fully saturated rings. The molecule has 0 aliphatic heterocycles. The fraction of sp³-hybridized carbons (Fsp3) is 0.480. The van der Waals surface area contributed by atoms with Crippen molar-refractivity contribution in [3.63, 3.8) is 0 Å². The normalized spacial score (nSPS) is 12.2. The topological polar surface area (TPSA) is 37.3 Å². The number of hydrogen-bond acceptors (Lipinski definition) is 2. The van der Waals surface area contributed by atoms with Gasteiger partial charge in [-0.3, -0.25) is 4.79 Å². The van der Waals surface area contributed by atoms with Crippen molar-refractivity contribution in [2.45, 2.75) is 73.6 Å². The Kier molecular flexibility index (Phi) is 20.3. The Morgan fingerprint density at radius 2 is 1.11 bits per heavy atom. The first-order chi connectivity index (χ1) is 13.3. The number of phenolic OH excluding ortho intramolecular Hbond substituents is 1. The average molecular weight is 373 g/mol. The van der Waals surface area contributed by atoms with Crippen molar-refractivity contribution >= 4 is 5.78 Å². The highest BCUT2D eigenvalue weighted by molar-refractivity contribution is 5.97. The van der Waals surface area contributed by atoms with Crippen LogP contribution in [0.4, 0.5) is 0 Å². The predicted molar refractivity (Wildman–Crippen MR) is 119 cm³/mol. The van der Waals surface area contributed by atoms with E-state index >= 15 is 0 Å². The van der Waals surface area contributed by atoms with E-state index in [0.29, 0.717) is 17.5 Å². The summed E-state index contributed by atoms with van der Waals surface area (Å²) in [5.41, 5.74) is 0.888. The first-order valence-corrected chi connectivity index (χ1v) is 10.6. The standard InChI is InChI=1S/C13H16O.C6H6O.3C2H6/c14-13(11-7-3-1-4-8-11)12-9-5-2-6-10-12;7-6-4-2-1-3-5-6;3*1-2/h1,3-4,7-8,12H,2,5-6,9-10H2;1-5,7H;3*1-2H3. The highest BCUT2D eigenvalue weighted by atomic mass is 16.3. The van der Waals surface area contributed by atoms with E-state index in [-0.39, 0.29) is 0 Å².